The second kappa shape index (κ2) is 7.24. The third-order valence-electron chi connectivity index (χ3n) is 4.00. The Morgan fingerprint density at radius 1 is 1.10 bits per heavy atom. The largest absolute Gasteiger partial charge is 0.312 e. The lowest BCUT2D eigenvalue weighted by atomic mass is 10.0. The van der Waals surface area contributed by atoms with Gasteiger partial charge in [-0.25, -0.2) is 0 Å². The average molecular weight is 274 g/mol. The summed E-state index contributed by atoms with van der Waals surface area (Å²) in [6, 6.07) is 12.8. The van der Waals surface area contributed by atoms with Crippen molar-refractivity contribution < 1.29 is 0 Å². The van der Waals surface area contributed by atoms with Gasteiger partial charge in [-0.15, -0.1) is 0 Å². The van der Waals surface area contributed by atoms with E-state index in [4.69, 9.17) is 0 Å². The fourth-order valence-corrected chi connectivity index (χ4v) is 2.79. The first kappa shape index (κ1) is 15.5. The van der Waals surface area contributed by atoms with Crippen LogP contribution in [0.4, 0.5) is 0 Å². The Bertz CT molecular complexity index is 382. The molecule has 2 rings (SSSR count). The summed E-state index contributed by atoms with van der Waals surface area (Å²) in [5, 5.41) is 3.72. The van der Waals surface area contributed by atoms with Crippen molar-refractivity contribution in [2.24, 2.45) is 5.92 Å². The number of rotatable bonds is 8. The monoisotopic (exact) mass is 274 g/mol. The zero-order valence-electron chi connectivity index (χ0n) is 13.5. The molecule has 20 heavy (non-hydrogen) atoms. The van der Waals surface area contributed by atoms with Gasteiger partial charge in [-0.2, -0.15) is 0 Å². The van der Waals surface area contributed by atoms with Gasteiger partial charge in [0.05, 0.1) is 0 Å². The minimum atomic E-state index is 0.485. The SMILES string of the molecule is CC(C)CN(C(C)C)C(CNC1CC1)c1ccccc1. The van der Waals surface area contributed by atoms with E-state index >= 15 is 0 Å². The van der Waals surface area contributed by atoms with E-state index < -0.39 is 0 Å². The Morgan fingerprint density at radius 3 is 2.25 bits per heavy atom. The molecule has 1 N–H and O–H groups in total. The maximum Gasteiger partial charge on any atom is 0.0475 e. The van der Waals surface area contributed by atoms with Crippen molar-refractivity contribution in [1.82, 2.24) is 10.2 Å². The molecule has 1 unspecified atom stereocenters. The molecule has 0 radical (unpaired) electrons. The maximum absolute atomic E-state index is 3.72. The molecule has 0 aromatic heterocycles. The number of hydrogen-bond donors (Lipinski definition) is 1. The molecule has 1 aromatic carbocycles. The third kappa shape index (κ3) is 4.60. The number of nitrogens with zero attached hydrogens (tertiary/aromatic N) is 1. The van der Waals surface area contributed by atoms with Crippen molar-refractivity contribution in [3.63, 3.8) is 0 Å². The minimum absolute atomic E-state index is 0.485. The Kier molecular flexibility index (Phi) is 5.62. The Labute approximate surface area is 124 Å². The van der Waals surface area contributed by atoms with Crippen LogP contribution >= 0.6 is 0 Å². The van der Waals surface area contributed by atoms with E-state index in [2.05, 4.69) is 68.2 Å². The van der Waals surface area contributed by atoms with Crippen LogP contribution in [0.1, 0.15) is 52.1 Å². The normalized spacial score (nSPS) is 17.1. The molecule has 0 spiro atoms. The summed E-state index contributed by atoms with van der Waals surface area (Å²) in [5.41, 5.74) is 1.44. The van der Waals surface area contributed by atoms with Crippen molar-refractivity contribution in [3.05, 3.63) is 35.9 Å². The van der Waals surface area contributed by atoms with E-state index in [-0.39, 0.29) is 0 Å². The molecule has 0 saturated heterocycles. The highest BCUT2D eigenvalue weighted by atomic mass is 15.2. The van der Waals surface area contributed by atoms with Crippen LogP contribution in [0, 0.1) is 5.92 Å². The quantitative estimate of drug-likeness (QED) is 0.774. The molecule has 112 valence electrons. The molecule has 1 aromatic rings. The van der Waals surface area contributed by atoms with Gasteiger partial charge >= 0.3 is 0 Å². The van der Waals surface area contributed by atoms with E-state index in [1.54, 1.807) is 0 Å². The zero-order chi connectivity index (χ0) is 14.5. The molecule has 1 aliphatic carbocycles. The molecule has 2 nitrogen and oxygen atoms in total. The van der Waals surface area contributed by atoms with Crippen LogP contribution in [0.3, 0.4) is 0 Å². The van der Waals surface area contributed by atoms with E-state index in [9.17, 15) is 0 Å². The highest BCUT2D eigenvalue weighted by Crippen LogP contribution is 2.26. The Balaban J connectivity index is 2.13. The van der Waals surface area contributed by atoms with Gasteiger partial charge in [-0.05, 0) is 38.2 Å². The smallest absolute Gasteiger partial charge is 0.0475 e. The van der Waals surface area contributed by atoms with Gasteiger partial charge in [-0.3, -0.25) is 4.90 Å². The van der Waals surface area contributed by atoms with Gasteiger partial charge in [0.1, 0.15) is 0 Å². The summed E-state index contributed by atoms with van der Waals surface area (Å²) in [4.78, 5) is 2.65. The van der Waals surface area contributed by atoms with Gasteiger partial charge < -0.3 is 5.32 Å². The summed E-state index contributed by atoms with van der Waals surface area (Å²) < 4.78 is 0. The van der Waals surface area contributed by atoms with Crippen LogP contribution in [-0.2, 0) is 0 Å². The molecule has 0 amide bonds. The molecule has 0 bridgehead atoms. The van der Waals surface area contributed by atoms with Crippen molar-refractivity contribution in [3.8, 4) is 0 Å². The van der Waals surface area contributed by atoms with Gasteiger partial charge in [0.25, 0.3) is 0 Å². The van der Waals surface area contributed by atoms with Crippen molar-refractivity contribution >= 4 is 0 Å². The molecule has 1 atom stereocenters. The average Bonchev–Trinajstić information content (AvgIpc) is 3.22. The van der Waals surface area contributed by atoms with Crippen LogP contribution in [0.15, 0.2) is 30.3 Å². The van der Waals surface area contributed by atoms with Crippen molar-refractivity contribution in [2.75, 3.05) is 13.1 Å². The van der Waals surface area contributed by atoms with Crippen molar-refractivity contribution in [1.29, 1.82) is 0 Å². The number of nitrogens with one attached hydrogen (secondary N) is 1. The standard InChI is InChI=1S/C18H30N2/c1-14(2)13-20(15(3)4)18(12-19-17-10-11-17)16-8-6-5-7-9-16/h5-9,14-15,17-19H,10-13H2,1-4H3. The second-order valence-electron chi connectivity index (χ2n) is 6.79. The van der Waals surface area contributed by atoms with Crippen LogP contribution < -0.4 is 5.32 Å². The summed E-state index contributed by atoms with van der Waals surface area (Å²) in [5.74, 6) is 0.699. The molecule has 0 heterocycles. The lowest BCUT2D eigenvalue weighted by Crippen LogP contribution is -2.42. The van der Waals surface area contributed by atoms with E-state index in [1.807, 2.05) is 0 Å². The predicted octanol–water partition coefficient (Wildman–Crippen LogP) is 3.85. The van der Waals surface area contributed by atoms with Gasteiger partial charge in [0, 0.05) is 31.2 Å². The summed E-state index contributed by atoms with van der Waals surface area (Å²) >= 11 is 0. The second-order valence-corrected chi connectivity index (χ2v) is 6.79. The molecule has 1 saturated carbocycles. The number of hydrogen-bond acceptors (Lipinski definition) is 2. The first-order chi connectivity index (χ1) is 9.58. The highest BCUT2D eigenvalue weighted by Gasteiger charge is 2.27. The molecule has 0 aliphatic heterocycles. The fraction of sp³-hybridized carbons (Fsp3) is 0.667. The van der Waals surface area contributed by atoms with Crippen LogP contribution in [0.2, 0.25) is 0 Å². The minimum Gasteiger partial charge on any atom is -0.312 e. The van der Waals surface area contributed by atoms with Crippen LogP contribution in [0.25, 0.3) is 0 Å². The summed E-state index contributed by atoms with van der Waals surface area (Å²) in [7, 11) is 0. The summed E-state index contributed by atoms with van der Waals surface area (Å²) in [6.45, 7) is 11.5. The maximum atomic E-state index is 3.72. The van der Waals surface area contributed by atoms with E-state index in [0.29, 0.717) is 18.0 Å². The van der Waals surface area contributed by atoms with E-state index in [1.165, 1.54) is 18.4 Å². The molecular formula is C18H30N2. The molecule has 2 heteroatoms. The lowest BCUT2D eigenvalue weighted by Gasteiger charge is -2.37. The van der Waals surface area contributed by atoms with Crippen molar-refractivity contribution in [2.45, 2.75) is 58.7 Å². The molecule has 1 aliphatic rings. The lowest BCUT2D eigenvalue weighted by molar-refractivity contribution is 0.132. The van der Waals surface area contributed by atoms with Gasteiger partial charge in [-0.1, -0.05) is 44.2 Å². The third-order valence-corrected chi connectivity index (χ3v) is 4.00. The van der Waals surface area contributed by atoms with Crippen LogP contribution in [-0.4, -0.2) is 30.1 Å². The topological polar surface area (TPSA) is 15.3 Å². The molecular weight excluding hydrogens is 244 g/mol. The van der Waals surface area contributed by atoms with Gasteiger partial charge in [0.2, 0.25) is 0 Å². The van der Waals surface area contributed by atoms with Crippen LogP contribution in [0.5, 0.6) is 0 Å². The first-order valence-electron chi connectivity index (χ1n) is 8.12. The highest BCUT2D eigenvalue weighted by molar-refractivity contribution is 5.20. The fourth-order valence-electron chi connectivity index (χ4n) is 2.79. The van der Waals surface area contributed by atoms with E-state index in [0.717, 1.165) is 19.1 Å². The zero-order valence-corrected chi connectivity index (χ0v) is 13.5. The number of benzene rings is 1. The summed E-state index contributed by atoms with van der Waals surface area (Å²) in [6.07, 6.45) is 2.71. The Hall–Kier alpha value is -0.860. The first-order valence-corrected chi connectivity index (χ1v) is 8.12. The predicted molar refractivity (Wildman–Crippen MR) is 86.9 cm³/mol. The van der Waals surface area contributed by atoms with Gasteiger partial charge in [0.15, 0.2) is 0 Å². The Morgan fingerprint density at radius 2 is 1.75 bits per heavy atom. The molecule has 1 fully saturated rings.